The van der Waals surface area contributed by atoms with E-state index in [1.807, 2.05) is 0 Å². The number of piperidine rings is 2. The third-order valence-electron chi connectivity index (χ3n) is 5.78. The summed E-state index contributed by atoms with van der Waals surface area (Å²) in [5.41, 5.74) is 0. The molecule has 4 heterocycles. The van der Waals surface area contributed by atoms with Crippen molar-refractivity contribution >= 4 is 11.9 Å². The van der Waals surface area contributed by atoms with E-state index in [-0.39, 0.29) is 43.2 Å². The molecular formula is C17H23F3N6O3. The Kier molecular flexibility index (Phi) is 5.36. The molecule has 1 aromatic heterocycles. The van der Waals surface area contributed by atoms with E-state index >= 15 is 0 Å². The zero-order chi connectivity index (χ0) is 20.6. The van der Waals surface area contributed by atoms with Gasteiger partial charge in [0.25, 0.3) is 0 Å². The van der Waals surface area contributed by atoms with Crippen molar-refractivity contribution in [3.63, 3.8) is 0 Å². The van der Waals surface area contributed by atoms with Crippen molar-refractivity contribution < 1.29 is 27.5 Å². The fourth-order valence-corrected chi connectivity index (χ4v) is 4.24. The Morgan fingerprint density at radius 1 is 1.21 bits per heavy atom. The Labute approximate surface area is 165 Å². The number of rotatable bonds is 2. The Balaban J connectivity index is 1.29. The van der Waals surface area contributed by atoms with Crippen LogP contribution < -0.4 is 5.32 Å². The Morgan fingerprint density at radius 3 is 2.66 bits per heavy atom. The van der Waals surface area contributed by atoms with Crippen molar-refractivity contribution in [3.8, 4) is 0 Å². The summed E-state index contributed by atoms with van der Waals surface area (Å²) in [6.45, 7) is 2.12. The lowest BCUT2D eigenvalue weighted by Crippen LogP contribution is -2.62. The number of carbonyl (C=O) groups is 2. The summed E-state index contributed by atoms with van der Waals surface area (Å²) >= 11 is 0. The van der Waals surface area contributed by atoms with Crippen molar-refractivity contribution in [1.82, 2.24) is 29.9 Å². The number of likely N-dealkylation sites (tertiary alicyclic amines) is 2. The molecule has 160 valence electrons. The van der Waals surface area contributed by atoms with Crippen LogP contribution in [0.2, 0.25) is 0 Å². The van der Waals surface area contributed by atoms with Gasteiger partial charge in [0, 0.05) is 32.7 Å². The average molecular weight is 416 g/mol. The molecule has 0 bridgehead atoms. The predicted octanol–water partition coefficient (Wildman–Crippen LogP) is 0.718. The first-order valence-electron chi connectivity index (χ1n) is 9.71. The molecule has 0 spiro atoms. The van der Waals surface area contributed by atoms with E-state index < -0.39 is 12.0 Å². The summed E-state index contributed by atoms with van der Waals surface area (Å²) in [6, 6.07) is -0.293. The summed E-state index contributed by atoms with van der Waals surface area (Å²) < 4.78 is 45.2. The monoisotopic (exact) mass is 416 g/mol. The Hall–Kier alpha value is -2.37. The van der Waals surface area contributed by atoms with E-state index in [4.69, 9.17) is 4.74 Å². The molecule has 1 N–H and O–H groups in total. The van der Waals surface area contributed by atoms with Gasteiger partial charge in [-0.15, -0.1) is 0 Å². The SMILES string of the molecule is O=C1CO[C@H]2CCN(C(=O)N3CCC(Cn4ncnc4C(F)(F)F)CC3)C[C@H]2N1. The Morgan fingerprint density at radius 2 is 1.93 bits per heavy atom. The van der Waals surface area contributed by atoms with Crippen molar-refractivity contribution in [1.29, 1.82) is 0 Å². The number of hydrogen-bond acceptors (Lipinski definition) is 5. The third-order valence-corrected chi connectivity index (χ3v) is 5.78. The van der Waals surface area contributed by atoms with Crippen molar-refractivity contribution in [3.05, 3.63) is 12.2 Å². The highest BCUT2D eigenvalue weighted by atomic mass is 19.4. The lowest BCUT2D eigenvalue weighted by atomic mass is 9.96. The second-order valence-corrected chi connectivity index (χ2v) is 7.73. The summed E-state index contributed by atoms with van der Waals surface area (Å²) in [5.74, 6) is -1.16. The summed E-state index contributed by atoms with van der Waals surface area (Å²) in [7, 11) is 0. The highest BCUT2D eigenvalue weighted by Gasteiger charge is 2.39. The van der Waals surface area contributed by atoms with Crippen LogP contribution in [-0.2, 0) is 22.3 Å². The van der Waals surface area contributed by atoms with Gasteiger partial charge in [-0.25, -0.2) is 14.5 Å². The van der Waals surface area contributed by atoms with Gasteiger partial charge in [-0.1, -0.05) is 0 Å². The minimum atomic E-state index is -4.53. The Bertz CT molecular complexity index is 762. The lowest BCUT2D eigenvalue weighted by Gasteiger charge is -2.43. The first-order chi connectivity index (χ1) is 13.8. The van der Waals surface area contributed by atoms with E-state index in [0.29, 0.717) is 45.4 Å². The number of morpholine rings is 1. The maximum absolute atomic E-state index is 12.9. The van der Waals surface area contributed by atoms with Crippen LogP contribution in [0.3, 0.4) is 0 Å². The van der Waals surface area contributed by atoms with E-state index in [9.17, 15) is 22.8 Å². The topological polar surface area (TPSA) is 92.6 Å². The molecular weight excluding hydrogens is 393 g/mol. The van der Waals surface area contributed by atoms with Crippen LogP contribution in [0.5, 0.6) is 0 Å². The highest BCUT2D eigenvalue weighted by Crippen LogP contribution is 2.29. The molecule has 29 heavy (non-hydrogen) atoms. The van der Waals surface area contributed by atoms with Crippen LogP contribution in [0.25, 0.3) is 0 Å². The molecule has 0 unspecified atom stereocenters. The van der Waals surface area contributed by atoms with Crippen LogP contribution in [0.15, 0.2) is 6.33 Å². The predicted molar refractivity (Wildman–Crippen MR) is 92.6 cm³/mol. The number of nitrogens with one attached hydrogen (secondary N) is 1. The van der Waals surface area contributed by atoms with Gasteiger partial charge < -0.3 is 19.9 Å². The average Bonchev–Trinajstić information content (AvgIpc) is 3.16. The quantitative estimate of drug-likeness (QED) is 0.767. The van der Waals surface area contributed by atoms with E-state index in [2.05, 4.69) is 15.4 Å². The number of halogens is 3. The minimum Gasteiger partial charge on any atom is -0.366 e. The van der Waals surface area contributed by atoms with Gasteiger partial charge in [-0.3, -0.25) is 4.79 Å². The van der Waals surface area contributed by atoms with Crippen molar-refractivity contribution in [2.75, 3.05) is 32.8 Å². The number of aromatic nitrogens is 3. The van der Waals surface area contributed by atoms with E-state index in [1.54, 1.807) is 9.80 Å². The molecule has 12 heteroatoms. The summed E-state index contributed by atoms with van der Waals surface area (Å²) in [6.07, 6.45) is -1.81. The van der Waals surface area contributed by atoms with Gasteiger partial charge in [0.05, 0.1) is 12.1 Å². The van der Waals surface area contributed by atoms with Crippen LogP contribution in [-0.4, -0.2) is 81.4 Å². The summed E-state index contributed by atoms with van der Waals surface area (Å²) in [4.78, 5) is 31.1. The maximum Gasteiger partial charge on any atom is 0.451 e. The molecule has 9 nitrogen and oxygen atoms in total. The molecule has 3 amide bonds. The molecule has 3 aliphatic heterocycles. The number of hydrogen-bond donors (Lipinski definition) is 1. The molecule has 0 aromatic carbocycles. The smallest absolute Gasteiger partial charge is 0.366 e. The van der Waals surface area contributed by atoms with E-state index in [1.165, 1.54) is 0 Å². The number of fused-ring (bicyclic) bond motifs is 1. The minimum absolute atomic E-state index is 0.00128. The van der Waals surface area contributed by atoms with Crippen LogP contribution in [0.4, 0.5) is 18.0 Å². The van der Waals surface area contributed by atoms with Gasteiger partial charge in [0.2, 0.25) is 11.7 Å². The zero-order valence-corrected chi connectivity index (χ0v) is 15.8. The normalized spacial score (nSPS) is 26.2. The number of carbonyl (C=O) groups excluding carboxylic acids is 2. The van der Waals surface area contributed by atoms with Gasteiger partial charge in [0.15, 0.2) is 0 Å². The van der Waals surface area contributed by atoms with Gasteiger partial charge in [-0.2, -0.15) is 18.3 Å². The standard InChI is InChI=1S/C17H23F3N6O3/c18-17(19,20)15-21-10-22-26(15)7-11-1-4-24(5-2-11)16(28)25-6-3-13-12(8-25)23-14(27)9-29-13/h10-13H,1-9H2,(H,23,27)/t12-,13+/m1/s1. The fraction of sp³-hybridized carbons (Fsp3) is 0.765. The molecule has 2 atom stereocenters. The molecule has 3 aliphatic rings. The molecule has 0 radical (unpaired) electrons. The largest absolute Gasteiger partial charge is 0.451 e. The van der Waals surface area contributed by atoms with Crippen LogP contribution in [0, 0.1) is 5.92 Å². The first-order valence-corrected chi connectivity index (χ1v) is 9.71. The number of alkyl halides is 3. The maximum atomic E-state index is 12.9. The zero-order valence-electron chi connectivity index (χ0n) is 15.8. The second kappa shape index (κ2) is 7.81. The van der Waals surface area contributed by atoms with E-state index in [0.717, 1.165) is 11.0 Å². The number of nitrogens with zero attached hydrogens (tertiary/aromatic N) is 5. The fourth-order valence-electron chi connectivity index (χ4n) is 4.24. The first kappa shape index (κ1) is 19.9. The van der Waals surface area contributed by atoms with Crippen LogP contribution >= 0.6 is 0 Å². The number of amides is 3. The van der Waals surface area contributed by atoms with Gasteiger partial charge in [-0.05, 0) is 25.2 Å². The highest BCUT2D eigenvalue weighted by molar-refractivity contribution is 5.79. The molecule has 3 saturated heterocycles. The third kappa shape index (κ3) is 4.31. The van der Waals surface area contributed by atoms with Crippen molar-refractivity contribution in [2.45, 2.75) is 44.1 Å². The molecule has 1 aromatic rings. The lowest BCUT2D eigenvalue weighted by molar-refractivity contribution is -0.148. The molecule has 3 fully saturated rings. The van der Waals surface area contributed by atoms with Crippen molar-refractivity contribution in [2.24, 2.45) is 5.92 Å². The van der Waals surface area contributed by atoms with Gasteiger partial charge >= 0.3 is 12.2 Å². The molecule has 0 aliphatic carbocycles. The summed E-state index contributed by atoms with van der Waals surface area (Å²) in [5, 5.41) is 6.57. The number of urea groups is 1. The van der Waals surface area contributed by atoms with Crippen LogP contribution in [0.1, 0.15) is 25.1 Å². The van der Waals surface area contributed by atoms with Gasteiger partial charge in [0.1, 0.15) is 12.9 Å². The number of ether oxygens (including phenoxy) is 1. The molecule has 4 rings (SSSR count). The second-order valence-electron chi connectivity index (χ2n) is 7.73. The molecule has 0 saturated carbocycles.